The van der Waals surface area contributed by atoms with Crippen LogP contribution in [0, 0.1) is 0 Å². The normalized spacial score (nSPS) is 24.6. The van der Waals surface area contributed by atoms with Crippen molar-refractivity contribution in [2.75, 3.05) is 0 Å². The van der Waals surface area contributed by atoms with Crippen molar-refractivity contribution in [3.05, 3.63) is 47.6 Å². The molecular formula is C14H18Cl2Zr. The summed E-state index contributed by atoms with van der Waals surface area (Å²) in [6, 6.07) is 0. The Labute approximate surface area is 129 Å². The van der Waals surface area contributed by atoms with Crippen LogP contribution in [0.15, 0.2) is 47.6 Å². The van der Waals surface area contributed by atoms with E-state index in [1.165, 1.54) is 12.8 Å². The molecule has 0 aliphatic heterocycles. The molecule has 0 aromatic rings. The second-order valence-electron chi connectivity index (χ2n) is 4.08. The maximum Gasteiger partial charge on any atom is -1.00 e. The van der Waals surface area contributed by atoms with Gasteiger partial charge in [-0.3, -0.25) is 0 Å². The van der Waals surface area contributed by atoms with Gasteiger partial charge in [-0.25, -0.2) is 0 Å². The van der Waals surface area contributed by atoms with Gasteiger partial charge < -0.3 is 24.8 Å². The second-order valence-corrected chi connectivity index (χ2v) is 7.96. The Balaban J connectivity index is 0.00000128. The maximum atomic E-state index is 2.43. The van der Waals surface area contributed by atoms with Crippen LogP contribution in [-0.2, 0) is 23.2 Å². The van der Waals surface area contributed by atoms with E-state index in [2.05, 4.69) is 50.3 Å². The van der Waals surface area contributed by atoms with Gasteiger partial charge in [-0.1, -0.05) is 0 Å². The Bertz CT molecular complexity index is 319. The van der Waals surface area contributed by atoms with E-state index < -0.39 is 0 Å². The summed E-state index contributed by atoms with van der Waals surface area (Å²) in [5, 5.41) is 0. The predicted molar refractivity (Wildman–Crippen MR) is 62.5 cm³/mol. The van der Waals surface area contributed by atoms with Gasteiger partial charge in [-0.05, 0) is 0 Å². The van der Waals surface area contributed by atoms with E-state index in [1.54, 1.807) is 11.1 Å². The first-order valence-electron chi connectivity index (χ1n) is 5.85. The Kier molecular flexibility index (Phi) is 8.72. The summed E-state index contributed by atoms with van der Waals surface area (Å²) >= 11 is -0.361. The molecule has 2 aliphatic rings. The molecule has 0 aromatic carbocycles. The third-order valence-electron chi connectivity index (χ3n) is 3.20. The van der Waals surface area contributed by atoms with Crippen LogP contribution in [0.25, 0.3) is 0 Å². The Morgan fingerprint density at radius 1 is 0.882 bits per heavy atom. The number of halogens is 2. The summed E-state index contributed by atoms with van der Waals surface area (Å²) < 4.78 is 1.72. The molecule has 0 amide bonds. The average molecular weight is 348 g/mol. The molecule has 0 radical (unpaired) electrons. The van der Waals surface area contributed by atoms with Crippen LogP contribution in [-0.4, -0.2) is 0 Å². The molecule has 17 heavy (non-hydrogen) atoms. The third kappa shape index (κ3) is 4.23. The van der Waals surface area contributed by atoms with Gasteiger partial charge in [-0.15, -0.1) is 0 Å². The van der Waals surface area contributed by atoms with Crippen molar-refractivity contribution in [1.82, 2.24) is 0 Å². The van der Waals surface area contributed by atoms with Crippen molar-refractivity contribution in [3.63, 3.8) is 0 Å². The fraction of sp³-hybridized carbons (Fsp3) is 0.429. The topological polar surface area (TPSA) is 0 Å². The summed E-state index contributed by atoms with van der Waals surface area (Å²) in [6.07, 6.45) is 16.5. The molecule has 0 aromatic heterocycles. The van der Waals surface area contributed by atoms with Crippen molar-refractivity contribution in [1.29, 1.82) is 0 Å². The minimum absolute atomic E-state index is 0. The molecule has 2 aliphatic carbocycles. The Morgan fingerprint density at radius 3 is 1.65 bits per heavy atom. The Morgan fingerprint density at radius 2 is 1.29 bits per heavy atom. The first-order chi connectivity index (χ1) is 7.35. The van der Waals surface area contributed by atoms with Crippen LogP contribution in [0.5, 0.6) is 0 Å². The number of hydrogen-bond donors (Lipinski definition) is 0. The molecule has 3 heteroatoms. The van der Waals surface area contributed by atoms with E-state index >= 15 is 0 Å². The zero-order valence-corrected chi connectivity index (χ0v) is 14.3. The standard InChI is InChI=1S/2C7H9.2ClH.Zr/c2*1-2-7-5-3-4-6-7;;;/h2*3-6H,2H2,1H3;2*1H;/q;;;;+2/p-2. The van der Waals surface area contributed by atoms with Crippen molar-refractivity contribution in [2.45, 2.75) is 33.9 Å². The van der Waals surface area contributed by atoms with Crippen molar-refractivity contribution < 1.29 is 48.0 Å². The molecule has 0 nitrogen and oxygen atoms in total. The van der Waals surface area contributed by atoms with Gasteiger partial charge in [0.05, 0.1) is 0 Å². The molecule has 2 unspecified atom stereocenters. The number of hydrogen-bond acceptors (Lipinski definition) is 0. The summed E-state index contributed by atoms with van der Waals surface area (Å²) in [7, 11) is 0. The SMILES string of the molecule is CCC1=CC=C[CH]1[Zr+2][CH]1C=CC=C1CC.[Cl-].[Cl-]. The van der Waals surface area contributed by atoms with Gasteiger partial charge in [0.15, 0.2) is 0 Å². The van der Waals surface area contributed by atoms with Crippen LogP contribution in [0.4, 0.5) is 0 Å². The molecule has 0 heterocycles. The fourth-order valence-corrected chi connectivity index (χ4v) is 6.80. The first kappa shape index (κ1) is 17.4. The van der Waals surface area contributed by atoms with E-state index in [-0.39, 0.29) is 48.0 Å². The molecule has 0 saturated heterocycles. The molecule has 0 saturated carbocycles. The molecular weight excluding hydrogens is 330 g/mol. The van der Waals surface area contributed by atoms with E-state index in [1.807, 2.05) is 0 Å². The first-order valence-corrected chi connectivity index (χ1v) is 8.69. The molecule has 0 spiro atoms. The monoisotopic (exact) mass is 346 g/mol. The maximum absolute atomic E-state index is 2.43. The van der Waals surface area contributed by atoms with Gasteiger partial charge in [0.2, 0.25) is 0 Å². The predicted octanol–water partition coefficient (Wildman–Crippen LogP) is -1.53. The molecule has 0 bridgehead atoms. The molecule has 2 atom stereocenters. The van der Waals surface area contributed by atoms with Crippen LogP contribution >= 0.6 is 0 Å². The van der Waals surface area contributed by atoms with Gasteiger partial charge >= 0.3 is 105 Å². The van der Waals surface area contributed by atoms with Gasteiger partial charge in [0, 0.05) is 0 Å². The minimum atomic E-state index is -0.361. The van der Waals surface area contributed by atoms with E-state index in [0.29, 0.717) is 0 Å². The van der Waals surface area contributed by atoms with Crippen molar-refractivity contribution >= 4 is 0 Å². The quantitative estimate of drug-likeness (QED) is 0.578. The molecule has 0 fully saturated rings. The number of rotatable bonds is 4. The third-order valence-corrected chi connectivity index (χ3v) is 7.74. The van der Waals surface area contributed by atoms with Gasteiger partial charge in [0.25, 0.3) is 0 Å². The van der Waals surface area contributed by atoms with Crippen LogP contribution in [0.1, 0.15) is 26.7 Å². The summed E-state index contributed by atoms with van der Waals surface area (Å²) in [5.41, 5.74) is 3.36. The van der Waals surface area contributed by atoms with E-state index in [0.717, 1.165) is 7.25 Å². The van der Waals surface area contributed by atoms with Gasteiger partial charge in [0.1, 0.15) is 0 Å². The second kappa shape index (κ2) is 8.51. The summed E-state index contributed by atoms with van der Waals surface area (Å²) in [6.45, 7) is 4.57. The fourth-order valence-electron chi connectivity index (χ4n) is 2.23. The van der Waals surface area contributed by atoms with Crippen LogP contribution in [0.2, 0.25) is 7.25 Å². The van der Waals surface area contributed by atoms with E-state index in [4.69, 9.17) is 0 Å². The van der Waals surface area contributed by atoms with Gasteiger partial charge in [-0.2, -0.15) is 0 Å². The zero-order valence-electron chi connectivity index (χ0n) is 10.3. The van der Waals surface area contributed by atoms with Crippen LogP contribution in [0.3, 0.4) is 0 Å². The molecule has 2 rings (SSSR count). The average Bonchev–Trinajstić information content (AvgIpc) is 2.87. The van der Waals surface area contributed by atoms with E-state index in [9.17, 15) is 0 Å². The zero-order chi connectivity index (χ0) is 10.7. The smallest absolute Gasteiger partial charge is 1.00 e. The van der Waals surface area contributed by atoms with Crippen LogP contribution < -0.4 is 24.8 Å². The molecule has 92 valence electrons. The van der Waals surface area contributed by atoms with Crippen molar-refractivity contribution in [2.24, 2.45) is 0 Å². The number of allylic oxidation sites excluding steroid dienone is 8. The summed E-state index contributed by atoms with van der Waals surface area (Å²) in [4.78, 5) is 0. The van der Waals surface area contributed by atoms with Crippen molar-refractivity contribution in [3.8, 4) is 0 Å². The largest absolute Gasteiger partial charge is 1.00 e. The summed E-state index contributed by atoms with van der Waals surface area (Å²) in [5.74, 6) is 0. The molecule has 0 N–H and O–H groups in total. The minimum Gasteiger partial charge on any atom is -1.00 e. The Hall–Kier alpha value is 0.423.